The van der Waals surface area contributed by atoms with E-state index in [-0.39, 0.29) is 12.6 Å². The Morgan fingerprint density at radius 2 is 1.66 bits per heavy atom. The zero-order valence-electron chi connectivity index (χ0n) is 17.8. The summed E-state index contributed by atoms with van der Waals surface area (Å²) >= 11 is 0. The van der Waals surface area contributed by atoms with Crippen LogP contribution in [-0.2, 0) is 6.42 Å². The molecular formula is C23H33N3O3. The fourth-order valence-corrected chi connectivity index (χ4v) is 2.78. The van der Waals surface area contributed by atoms with E-state index in [0.717, 1.165) is 36.6 Å². The molecule has 0 radical (unpaired) electrons. The highest BCUT2D eigenvalue weighted by molar-refractivity contribution is 5.79. The van der Waals surface area contributed by atoms with E-state index < -0.39 is 6.10 Å². The summed E-state index contributed by atoms with van der Waals surface area (Å²) in [6.07, 6.45) is 0.330. The van der Waals surface area contributed by atoms with Crippen molar-refractivity contribution < 1.29 is 14.6 Å². The Morgan fingerprint density at radius 3 is 2.24 bits per heavy atom. The van der Waals surface area contributed by atoms with Gasteiger partial charge in [-0.25, -0.2) is 0 Å². The molecule has 0 aliphatic heterocycles. The molecule has 0 aliphatic rings. The molecule has 2 rings (SSSR count). The summed E-state index contributed by atoms with van der Waals surface area (Å²) in [5.74, 6) is 2.35. The third kappa shape index (κ3) is 8.03. The molecule has 6 nitrogen and oxygen atoms in total. The number of guanidine groups is 1. The van der Waals surface area contributed by atoms with Crippen molar-refractivity contribution in [3.05, 3.63) is 59.7 Å². The number of nitrogens with one attached hydrogen (secondary N) is 2. The first-order valence-electron chi connectivity index (χ1n) is 10.1. The smallest absolute Gasteiger partial charge is 0.191 e. The number of methoxy groups -OCH3 is 1. The van der Waals surface area contributed by atoms with Crippen LogP contribution in [0.25, 0.3) is 0 Å². The maximum atomic E-state index is 10.4. The summed E-state index contributed by atoms with van der Waals surface area (Å²) in [5, 5.41) is 17.0. The van der Waals surface area contributed by atoms with Crippen LogP contribution in [0.4, 0.5) is 0 Å². The zero-order valence-corrected chi connectivity index (χ0v) is 17.8. The normalized spacial score (nSPS) is 12.6. The summed E-state index contributed by atoms with van der Waals surface area (Å²) < 4.78 is 10.8. The highest BCUT2D eigenvalue weighted by Crippen LogP contribution is 2.19. The number of nitrogens with zero attached hydrogens (tertiary/aromatic N) is 1. The van der Waals surface area contributed by atoms with E-state index in [2.05, 4.69) is 27.8 Å². The number of ether oxygens (including phenoxy) is 2. The average Bonchev–Trinajstić information content (AvgIpc) is 2.72. The molecule has 2 aromatic rings. The van der Waals surface area contributed by atoms with Crippen LogP contribution >= 0.6 is 0 Å². The molecule has 0 saturated heterocycles. The van der Waals surface area contributed by atoms with Crippen LogP contribution in [0.15, 0.2) is 53.5 Å². The lowest BCUT2D eigenvalue weighted by atomic mass is 10.1. The Morgan fingerprint density at radius 1 is 1.00 bits per heavy atom. The summed E-state index contributed by atoms with van der Waals surface area (Å²) in [5.41, 5.74) is 2.04. The van der Waals surface area contributed by atoms with Gasteiger partial charge in [-0.05, 0) is 62.6 Å². The van der Waals surface area contributed by atoms with Gasteiger partial charge < -0.3 is 25.2 Å². The molecule has 0 aliphatic carbocycles. The number of benzene rings is 2. The molecule has 6 heteroatoms. The van der Waals surface area contributed by atoms with E-state index in [9.17, 15) is 5.11 Å². The van der Waals surface area contributed by atoms with Gasteiger partial charge in [-0.15, -0.1) is 0 Å². The fraction of sp³-hybridized carbons (Fsp3) is 0.435. The van der Waals surface area contributed by atoms with Gasteiger partial charge in [-0.1, -0.05) is 24.3 Å². The second kappa shape index (κ2) is 12.0. The second-order valence-corrected chi connectivity index (χ2v) is 7.00. The lowest BCUT2D eigenvalue weighted by molar-refractivity contribution is 0.186. The van der Waals surface area contributed by atoms with Crippen molar-refractivity contribution in [2.24, 2.45) is 4.99 Å². The molecule has 0 amide bonds. The molecule has 3 N–H and O–H groups in total. The van der Waals surface area contributed by atoms with E-state index in [4.69, 9.17) is 9.47 Å². The van der Waals surface area contributed by atoms with E-state index in [0.29, 0.717) is 5.96 Å². The van der Waals surface area contributed by atoms with Gasteiger partial charge in [0.1, 0.15) is 11.5 Å². The van der Waals surface area contributed by atoms with Gasteiger partial charge in [0, 0.05) is 13.1 Å². The van der Waals surface area contributed by atoms with Gasteiger partial charge in [0.05, 0.1) is 25.9 Å². The third-order valence-corrected chi connectivity index (χ3v) is 4.27. The van der Waals surface area contributed by atoms with Gasteiger partial charge in [0.15, 0.2) is 5.96 Å². The molecular weight excluding hydrogens is 366 g/mol. The third-order valence-electron chi connectivity index (χ3n) is 4.27. The van der Waals surface area contributed by atoms with Crippen molar-refractivity contribution in [3.8, 4) is 11.5 Å². The molecule has 0 spiro atoms. The Kier molecular flexibility index (Phi) is 9.31. The Bertz CT molecular complexity index is 743. The molecule has 0 heterocycles. The molecule has 0 bridgehead atoms. The number of aliphatic imine (C=N–C) groups is 1. The van der Waals surface area contributed by atoms with Gasteiger partial charge >= 0.3 is 0 Å². The van der Waals surface area contributed by atoms with Gasteiger partial charge in [-0.3, -0.25) is 4.99 Å². The number of hydrogen-bond donors (Lipinski definition) is 3. The average molecular weight is 400 g/mol. The molecule has 29 heavy (non-hydrogen) atoms. The first-order valence-corrected chi connectivity index (χ1v) is 10.1. The second-order valence-electron chi connectivity index (χ2n) is 7.00. The van der Waals surface area contributed by atoms with Crippen LogP contribution in [0.2, 0.25) is 0 Å². The Labute approximate surface area is 174 Å². The molecule has 0 fully saturated rings. The van der Waals surface area contributed by atoms with Crippen LogP contribution in [0.3, 0.4) is 0 Å². The minimum Gasteiger partial charge on any atom is -0.497 e. The maximum Gasteiger partial charge on any atom is 0.191 e. The number of aliphatic hydroxyl groups excluding tert-OH is 1. The number of hydrogen-bond acceptors (Lipinski definition) is 4. The summed E-state index contributed by atoms with van der Waals surface area (Å²) in [6, 6.07) is 15.5. The number of rotatable bonds is 10. The molecule has 0 saturated carbocycles. The predicted molar refractivity (Wildman–Crippen MR) is 118 cm³/mol. The largest absolute Gasteiger partial charge is 0.497 e. The minimum atomic E-state index is -0.667. The monoisotopic (exact) mass is 399 g/mol. The topological polar surface area (TPSA) is 75.1 Å². The lowest BCUT2D eigenvalue weighted by Crippen LogP contribution is -2.38. The van der Waals surface area contributed by atoms with Gasteiger partial charge in [-0.2, -0.15) is 0 Å². The molecule has 0 aromatic heterocycles. The maximum absolute atomic E-state index is 10.4. The summed E-state index contributed by atoms with van der Waals surface area (Å²) in [7, 11) is 1.66. The first kappa shape index (κ1) is 22.6. The summed E-state index contributed by atoms with van der Waals surface area (Å²) in [4.78, 5) is 4.51. The van der Waals surface area contributed by atoms with Crippen LogP contribution in [0, 0.1) is 0 Å². The molecule has 1 unspecified atom stereocenters. The van der Waals surface area contributed by atoms with Crippen LogP contribution in [-0.4, -0.2) is 43.9 Å². The van der Waals surface area contributed by atoms with Crippen LogP contribution in [0.5, 0.6) is 11.5 Å². The van der Waals surface area contributed by atoms with Crippen LogP contribution in [0.1, 0.15) is 38.0 Å². The van der Waals surface area contributed by atoms with Crippen molar-refractivity contribution in [3.63, 3.8) is 0 Å². The van der Waals surface area contributed by atoms with Crippen molar-refractivity contribution in [2.45, 2.75) is 39.4 Å². The SMILES string of the molecule is CCNC(=NCC(O)c1ccc(OC(C)C)cc1)NCCc1ccc(OC)cc1. The molecule has 2 aromatic carbocycles. The van der Waals surface area contributed by atoms with Crippen molar-refractivity contribution in [1.82, 2.24) is 10.6 Å². The Balaban J connectivity index is 1.86. The van der Waals surface area contributed by atoms with E-state index >= 15 is 0 Å². The van der Waals surface area contributed by atoms with E-state index in [1.807, 2.05) is 57.2 Å². The van der Waals surface area contributed by atoms with Crippen molar-refractivity contribution >= 4 is 5.96 Å². The predicted octanol–water partition coefficient (Wildman–Crippen LogP) is 3.31. The quantitative estimate of drug-likeness (QED) is 0.422. The van der Waals surface area contributed by atoms with Gasteiger partial charge in [0.25, 0.3) is 0 Å². The standard InChI is InChI=1S/C23H33N3O3/c1-5-24-23(25-15-14-18-6-10-20(28-4)11-7-18)26-16-22(27)19-8-12-21(13-9-19)29-17(2)3/h6-13,17,22,27H,5,14-16H2,1-4H3,(H2,24,25,26). The van der Waals surface area contributed by atoms with E-state index in [1.165, 1.54) is 5.56 Å². The highest BCUT2D eigenvalue weighted by atomic mass is 16.5. The summed E-state index contributed by atoms with van der Waals surface area (Å²) in [6.45, 7) is 7.77. The molecule has 158 valence electrons. The molecule has 1 atom stereocenters. The minimum absolute atomic E-state index is 0.127. The fourth-order valence-electron chi connectivity index (χ4n) is 2.78. The van der Waals surface area contributed by atoms with Crippen LogP contribution < -0.4 is 20.1 Å². The van der Waals surface area contributed by atoms with Crippen molar-refractivity contribution in [1.29, 1.82) is 0 Å². The highest BCUT2D eigenvalue weighted by Gasteiger charge is 2.08. The van der Waals surface area contributed by atoms with Crippen molar-refractivity contribution in [2.75, 3.05) is 26.7 Å². The zero-order chi connectivity index (χ0) is 21.1. The number of aliphatic hydroxyl groups is 1. The van der Waals surface area contributed by atoms with Gasteiger partial charge in [0.2, 0.25) is 0 Å². The Hall–Kier alpha value is -2.73. The van der Waals surface area contributed by atoms with E-state index in [1.54, 1.807) is 7.11 Å². The lowest BCUT2D eigenvalue weighted by Gasteiger charge is -2.14. The first-order chi connectivity index (χ1) is 14.0.